The van der Waals surface area contributed by atoms with E-state index in [2.05, 4.69) is 56.4 Å². The van der Waals surface area contributed by atoms with E-state index in [4.69, 9.17) is 0 Å². The van der Waals surface area contributed by atoms with Crippen LogP contribution in [0.25, 0.3) is 11.0 Å². The third-order valence-electron chi connectivity index (χ3n) is 6.02. The smallest absolute Gasteiger partial charge is 0.252 e. The Morgan fingerprint density at radius 1 is 1.10 bits per heavy atom. The third-order valence-corrected chi connectivity index (χ3v) is 6.02. The van der Waals surface area contributed by atoms with Crippen LogP contribution in [0.15, 0.2) is 30.3 Å². The molecule has 0 radical (unpaired) electrons. The van der Waals surface area contributed by atoms with E-state index >= 15 is 0 Å². The van der Waals surface area contributed by atoms with Crippen LogP contribution in [0.4, 0.5) is 5.69 Å². The maximum Gasteiger partial charge on any atom is 0.252 e. The second kappa shape index (κ2) is 9.06. The molecule has 7 nitrogen and oxygen atoms in total. The lowest BCUT2D eigenvalue weighted by Gasteiger charge is -2.36. The molecule has 3 heterocycles. The fraction of sp³-hybridized carbons (Fsp3) is 0.458. The van der Waals surface area contributed by atoms with E-state index in [1.54, 1.807) is 4.68 Å². The molecule has 0 spiro atoms. The van der Waals surface area contributed by atoms with Crippen LogP contribution in [0.1, 0.15) is 33.7 Å². The van der Waals surface area contributed by atoms with E-state index < -0.39 is 0 Å². The zero-order chi connectivity index (χ0) is 22.0. The first-order chi connectivity index (χ1) is 14.9. The number of carbonyl (C=O) groups excluding carboxylic acids is 1. The zero-order valence-corrected chi connectivity index (χ0v) is 19.0. The second-order valence-electron chi connectivity index (χ2n) is 8.50. The van der Waals surface area contributed by atoms with Gasteiger partial charge in [-0.15, -0.1) is 0 Å². The Labute approximate surface area is 184 Å². The summed E-state index contributed by atoms with van der Waals surface area (Å²) in [5.74, 6) is -0.0455. The van der Waals surface area contributed by atoms with Gasteiger partial charge in [0.05, 0.1) is 16.6 Å². The molecule has 0 saturated carbocycles. The Hall–Kier alpha value is -2.93. The van der Waals surface area contributed by atoms with Gasteiger partial charge >= 0.3 is 0 Å². The predicted octanol–water partition coefficient (Wildman–Crippen LogP) is 2.84. The van der Waals surface area contributed by atoms with E-state index in [0.717, 1.165) is 61.6 Å². The molecule has 1 saturated heterocycles. The van der Waals surface area contributed by atoms with Gasteiger partial charge in [-0.1, -0.05) is 12.1 Å². The minimum absolute atomic E-state index is 0.0455. The summed E-state index contributed by atoms with van der Waals surface area (Å²) < 4.78 is 1.74. The van der Waals surface area contributed by atoms with Crippen LogP contribution in [0.5, 0.6) is 0 Å². The number of aromatic nitrogens is 3. The van der Waals surface area contributed by atoms with E-state index in [9.17, 15) is 4.79 Å². The highest BCUT2D eigenvalue weighted by molar-refractivity contribution is 6.06. The number of piperazine rings is 1. The molecule has 0 aliphatic carbocycles. The summed E-state index contributed by atoms with van der Waals surface area (Å²) in [7, 11) is 1.86. The summed E-state index contributed by atoms with van der Waals surface area (Å²) in [6, 6.07) is 10.6. The van der Waals surface area contributed by atoms with Crippen LogP contribution in [-0.2, 0) is 7.05 Å². The summed E-state index contributed by atoms with van der Waals surface area (Å²) in [5.41, 5.74) is 5.71. The van der Waals surface area contributed by atoms with E-state index in [0.29, 0.717) is 12.1 Å². The molecular formula is C24H32N6O. The highest BCUT2D eigenvalue weighted by Gasteiger charge is 2.19. The number of nitrogens with zero attached hydrogens (tertiary/aromatic N) is 5. The van der Waals surface area contributed by atoms with Crippen molar-refractivity contribution in [3.8, 4) is 0 Å². The van der Waals surface area contributed by atoms with Crippen molar-refractivity contribution in [2.45, 2.75) is 27.2 Å². The third kappa shape index (κ3) is 4.71. The molecule has 0 bridgehead atoms. The van der Waals surface area contributed by atoms with Crippen LogP contribution < -0.4 is 10.2 Å². The number of fused-ring (bicyclic) bond motifs is 1. The quantitative estimate of drug-likeness (QED) is 0.621. The van der Waals surface area contributed by atoms with Crippen LogP contribution in [0.3, 0.4) is 0 Å². The Morgan fingerprint density at radius 2 is 1.87 bits per heavy atom. The van der Waals surface area contributed by atoms with Crippen LogP contribution >= 0.6 is 0 Å². The maximum absolute atomic E-state index is 12.9. The van der Waals surface area contributed by atoms with E-state index in [1.807, 2.05) is 27.0 Å². The van der Waals surface area contributed by atoms with Crippen molar-refractivity contribution in [2.75, 3.05) is 44.2 Å². The van der Waals surface area contributed by atoms with Gasteiger partial charge in [0, 0.05) is 51.2 Å². The van der Waals surface area contributed by atoms with Gasteiger partial charge in [-0.05, 0) is 57.5 Å². The van der Waals surface area contributed by atoms with Gasteiger partial charge in [-0.25, -0.2) is 4.98 Å². The number of hydrogen-bond acceptors (Lipinski definition) is 5. The minimum atomic E-state index is -0.0455. The first kappa shape index (κ1) is 21.3. The molecule has 1 fully saturated rings. The predicted molar refractivity (Wildman–Crippen MR) is 125 cm³/mol. The van der Waals surface area contributed by atoms with Gasteiger partial charge in [0.2, 0.25) is 0 Å². The molecule has 1 amide bonds. The lowest BCUT2D eigenvalue weighted by molar-refractivity contribution is 0.0953. The molecule has 1 aromatic carbocycles. The maximum atomic E-state index is 12.9. The van der Waals surface area contributed by atoms with Gasteiger partial charge in [0.25, 0.3) is 5.91 Å². The topological polar surface area (TPSA) is 66.3 Å². The zero-order valence-electron chi connectivity index (χ0n) is 19.0. The van der Waals surface area contributed by atoms with E-state index in [-0.39, 0.29) is 5.91 Å². The first-order valence-electron chi connectivity index (χ1n) is 11.1. The Bertz CT molecular complexity index is 1080. The van der Waals surface area contributed by atoms with Crippen molar-refractivity contribution in [1.82, 2.24) is 25.0 Å². The molecule has 31 heavy (non-hydrogen) atoms. The van der Waals surface area contributed by atoms with Crippen molar-refractivity contribution < 1.29 is 4.79 Å². The summed E-state index contributed by atoms with van der Waals surface area (Å²) >= 11 is 0. The van der Waals surface area contributed by atoms with Crippen molar-refractivity contribution in [3.05, 3.63) is 52.8 Å². The molecule has 0 atom stereocenters. The number of carbonyl (C=O) groups is 1. The van der Waals surface area contributed by atoms with Gasteiger partial charge < -0.3 is 10.2 Å². The first-order valence-corrected chi connectivity index (χ1v) is 11.1. The van der Waals surface area contributed by atoms with Gasteiger partial charge in [-0.2, -0.15) is 5.10 Å². The Morgan fingerprint density at radius 3 is 2.61 bits per heavy atom. The highest BCUT2D eigenvalue weighted by atomic mass is 16.1. The fourth-order valence-electron chi connectivity index (χ4n) is 4.40. The van der Waals surface area contributed by atoms with Gasteiger partial charge in [0.1, 0.15) is 0 Å². The molecule has 3 aromatic rings. The van der Waals surface area contributed by atoms with Crippen molar-refractivity contribution >= 4 is 22.6 Å². The monoisotopic (exact) mass is 420 g/mol. The number of hydrogen-bond donors (Lipinski definition) is 1. The average molecular weight is 421 g/mol. The second-order valence-corrected chi connectivity index (χ2v) is 8.50. The van der Waals surface area contributed by atoms with Crippen LogP contribution in [0, 0.1) is 20.8 Å². The normalized spacial score (nSPS) is 14.9. The Balaban J connectivity index is 1.26. The molecule has 0 unspecified atom stereocenters. The number of amides is 1. The summed E-state index contributed by atoms with van der Waals surface area (Å²) in [6.45, 7) is 11.8. The standard InChI is InChI=1S/C24H32N6O/c1-17-7-5-8-20(15-17)30-13-11-29(12-14-30)10-6-9-25-24(31)21-16-18(2)26-23-22(21)19(3)27-28(23)4/h5,7-8,15-16H,6,9-14H2,1-4H3,(H,25,31). The fourth-order valence-corrected chi connectivity index (χ4v) is 4.40. The van der Waals surface area contributed by atoms with Crippen LogP contribution in [0.2, 0.25) is 0 Å². The molecule has 1 N–H and O–H groups in total. The molecule has 7 heteroatoms. The van der Waals surface area contributed by atoms with Crippen molar-refractivity contribution in [2.24, 2.45) is 7.05 Å². The SMILES string of the molecule is Cc1cccc(N2CCN(CCCNC(=O)c3cc(C)nc4c3c(C)nn4C)CC2)c1. The number of rotatable bonds is 6. The molecular weight excluding hydrogens is 388 g/mol. The lowest BCUT2D eigenvalue weighted by atomic mass is 10.1. The Kier molecular flexibility index (Phi) is 6.23. The van der Waals surface area contributed by atoms with Crippen LogP contribution in [-0.4, -0.2) is 64.8 Å². The molecule has 2 aromatic heterocycles. The molecule has 164 valence electrons. The summed E-state index contributed by atoms with van der Waals surface area (Å²) in [5, 5.41) is 8.37. The number of benzene rings is 1. The lowest BCUT2D eigenvalue weighted by Crippen LogP contribution is -2.47. The minimum Gasteiger partial charge on any atom is -0.369 e. The molecule has 4 rings (SSSR count). The van der Waals surface area contributed by atoms with Gasteiger partial charge in [0.15, 0.2) is 5.65 Å². The molecule has 1 aliphatic rings. The number of nitrogens with one attached hydrogen (secondary N) is 1. The summed E-state index contributed by atoms with van der Waals surface area (Å²) in [6.07, 6.45) is 0.940. The van der Waals surface area contributed by atoms with Gasteiger partial charge in [-0.3, -0.25) is 14.4 Å². The number of pyridine rings is 1. The number of aryl methyl sites for hydroxylation is 4. The average Bonchev–Trinajstić information content (AvgIpc) is 3.04. The van der Waals surface area contributed by atoms with E-state index in [1.165, 1.54) is 11.3 Å². The highest BCUT2D eigenvalue weighted by Crippen LogP contribution is 2.21. The largest absolute Gasteiger partial charge is 0.369 e. The van der Waals surface area contributed by atoms with Crippen molar-refractivity contribution in [1.29, 1.82) is 0 Å². The number of anilines is 1. The molecule has 1 aliphatic heterocycles. The summed E-state index contributed by atoms with van der Waals surface area (Å²) in [4.78, 5) is 22.3. The van der Waals surface area contributed by atoms with Crippen molar-refractivity contribution in [3.63, 3.8) is 0 Å².